The van der Waals surface area contributed by atoms with E-state index in [4.69, 9.17) is 13.8 Å². The van der Waals surface area contributed by atoms with Crippen molar-refractivity contribution < 1.29 is 37.9 Å². The molecule has 55 heavy (non-hydrogen) atoms. The van der Waals surface area contributed by atoms with Crippen molar-refractivity contribution in [2.75, 3.05) is 26.4 Å². The van der Waals surface area contributed by atoms with E-state index in [1.807, 2.05) is 0 Å². The largest absolute Gasteiger partial charge is 0.472 e. The van der Waals surface area contributed by atoms with Crippen LogP contribution in [0.4, 0.5) is 0 Å². The molecule has 0 aliphatic heterocycles. The molecule has 3 N–H and O–H groups in total. The molecule has 0 saturated heterocycles. The number of esters is 1. The van der Waals surface area contributed by atoms with Crippen LogP contribution in [0.2, 0.25) is 0 Å². The Morgan fingerprint density at radius 1 is 0.564 bits per heavy atom. The highest BCUT2D eigenvalue weighted by atomic mass is 31.2. The molecule has 0 aromatic heterocycles. The number of hydrogen-bond donors (Lipinski definition) is 3. The van der Waals surface area contributed by atoms with Gasteiger partial charge in [0.25, 0.3) is 0 Å². The molecule has 0 aromatic carbocycles. The number of phosphoric acid groups is 1. The van der Waals surface area contributed by atoms with Crippen LogP contribution in [0.15, 0.2) is 60.8 Å². The molecule has 0 aliphatic rings. The number of allylic oxidation sites excluding steroid dienone is 10. The maximum Gasteiger partial charge on any atom is 0.472 e. The van der Waals surface area contributed by atoms with E-state index >= 15 is 0 Å². The number of carbonyl (C=O) groups excluding carboxylic acids is 2. The minimum Gasteiger partial charge on any atom is -0.463 e. The number of phosphoric ester groups is 1. The molecular formula is C45H80NO8P. The molecule has 0 radical (unpaired) electrons. The Labute approximate surface area is 336 Å². The summed E-state index contributed by atoms with van der Waals surface area (Å²) in [4.78, 5) is 33.9. The lowest BCUT2D eigenvalue weighted by Gasteiger charge is -2.15. The Morgan fingerprint density at radius 3 is 1.53 bits per heavy atom. The van der Waals surface area contributed by atoms with Crippen molar-refractivity contribution in [3.8, 4) is 0 Å². The van der Waals surface area contributed by atoms with Gasteiger partial charge in [0.1, 0.15) is 12.7 Å². The van der Waals surface area contributed by atoms with Gasteiger partial charge >= 0.3 is 13.8 Å². The Bertz CT molecular complexity index is 1090. The molecule has 318 valence electrons. The van der Waals surface area contributed by atoms with Crippen LogP contribution < -0.4 is 5.32 Å². The van der Waals surface area contributed by atoms with Crippen molar-refractivity contribution in [2.45, 2.75) is 187 Å². The third kappa shape index (κ3) is 42.7. The fourth-order valence-electron chi connectivity index (χ4n) is 5.59. The van der Waals surface area contributed by atoms with E-state index in [1.165, 1.54) is 64.2 Å². The van der Waals surface area contributed by atoms with Gasteiger partial charge < -0.3 is 20.1 Å². The van der Waals surface area contributed by atoms with E-state index in [-0.39, 0.29) is 32.1 Å². The van der Waals surface area contributed by atoms with Gasteiger partial charge in [-0.15, -0.1) is 0 Å². The highest BCUT2D eigenvalue weighted by molar-refractivity contribution is 7.47. The van der Waals surface area contributed by atoms with Gasteiger partial charge in [0.15, 0.2) is 0 Å². The second kappa shape index (κ2) is 41.3. The van der Waals surface area contributed by atoms with Crippen molar-refractivity contribution in [3.63, 3.8) is 0 Å². The van der Waals surface area contributed by atoms with Crippen LogP contribution in [0.5, 0.6) is 0 Å². The van der Waals surface area contributed by atoms with Crippen molar-refractivity contribution in [1.82, 2.24) is 5.32 Å². The molecule has 0 heterocycles. The molecule has 0 fully saturated rings. The van der Waals surface area contributed by atoms with Gasteiger partial charge in [0.05, 0.1) is 13.2 Å². The summed E-state index contributed by atoms with van der Waals surface area (Å²) >= 11 is 0. The van der Waals surface area contributed by atoms with Crippen LogP contribution in [0, 0.1) is 0 Å². The highest BCUT2D eigenvalue weighted by Gasteiger charge is 2.23. The summed E-state index contributed by atoms with van der Waals surface area (Å²) in [5, 5.41) is 12.7. The predicted molar refractivity (Wildman–Crippen MR) is 229 cm³/mol. The normalized spacial score (nSPS) is 13.9. The summed E-state index contributed by atoms with van der Waals surface area (Å²) < 4.78 is 26.8. The van der Waals surface area contributed by atoms with Crippen LogP contribution in [0.1, 0.15) is 181 Å². The van der Waals surface area contributed by atoms with Crippen molar-refractivity contribution in [3.05, 3.63) is 60.8 Å². The van der Waals surface area contributed by atoms with E-state index in [2.05, 4.69) is 79.9 Å². The molecule has 0 aromatic rings. The number of nitrogens with one attached hydrogen (secondary N) is 1. The molecule has 0 saturated carbocycles. The zero-order valence-corrected chi connectivity index (χ0v) is 35.7. The van der Waals surface area contributed by atoms with Gasteiger partial charge in [-0.2, -0.15) is 0 Å². The number of aliphatic hydroxyl groups excluding tert-OH is 1. The maximum atomic E-state index is 12.1. The number of hydrogen-bond acceptors (Lipinski definition) is 7. The lowest BCUT2D eigenvalue weighted by Crippen LogP contribution is -2.27. The van der Waals surface area contributed by atoms with E-state index in [0.717, 1.165) is 83.5 Å². The Morgan fingerprint density at radius 2 is 0.982 bits per heavy atom. The van der Waals surface area contributed by atoms with Crippen LogP contribution in [-0.2, 0) is 27.9 Å². The second-order valence-electron chi connectivity index (χ2n) is 14.3. The van der Waals surface area contributed by atoms with E-state index in [0.29, 0.717) is 12.8 Å². The fourth-order valence-corrected chi connectivity index (χ4v) is 6.35. The van der Waals surface area contributed by atoms with E-state index in [9.17, 15) is 24.2 Å². The molecule has 2 unspecified atom stereocenters. The zero-order valence-electron chi connectivity index (χ0n) is 34.9. The first kappa shape index (κ1) is 52.7. The quantitative estimate of drug-likeness (QED) is 0.0242. The lowest BCUT2D eigenvalue weighted by molar-refractivity contribution is -0.147. The number of ether oxygens (including phenoxy) is 1. The maximum absolute atomic E-state index is 12.1. The van der Waals surface area contributed by atoms with Crippen LogP contribution in [0.3, 0.4) is 0 Å². The van der Waals surface area contributed by atoms with Gasteiger partial charge in [0, 0.05) is 19.4 Å². The van der Waals surface area contributed by atoms with Gasteiger partial charge in [-0.1, -0.05) is 145 Å². The molecule has 0 spiro atoms. The number of unbranched alkanes of at least 4 members (excludes halogenated alkanes) is 17. The van der Waals surface area contributed by atoms with E-state index < -0.39 is 26.5 Å². The summed E-state index contributed by atoms with van der Waals surface area (Å²) in [5.41, 5.74) is 0. The van der Waals surface area contributed by atoms with Crippen molar-refractivity contribution in [2.24, 2.45) is 0 Å². The Kier molecular flexibility index (Phi) is 39.6. The molecular weight excluding hydrogens is 713 g/mol. The predicted octanol–water partition coefficient (Wildman–Crippen LogP) is 12.1. The molecule has 10 heteroatoms. The smallest absolute Gasteiger partial charge is 0.463 e. The average molecular weight is 794 g/mol. The number of carbonyl (C=O) groups is 2. The number of rotatable bonds is 40. The first-order valence-corrected chi connectivity index (χ1v) is 23.3. The molecule has 0 bridgehead atoms. The Hall–Kier alpha value is -2.29. The number of amides is 1. The standard InChI is InChI=1S/C45H80NO8P/c1-3-5-7-9-11-13-15-17-18-19-20-21-22-23-24-26-28-30-32-34-36-38-45(49)52-41-43(47)42-54-55(50,51)53-40-39-46-44(48)37-35-33-31-29-27-25-16-14-12-10-8-6-4-2/h11,13-14,16-18,20-21,23-24,43,47H,3-10,12,15,19,22,25-42H2,1-2H3,(H,46,48)(H,50,51)/b13-11-,16-14-,18-17-,21-20-,24-23-. The Balaban J connectivity index is 3.66. The second-order valence-corrected chi connectivity index (χ2v) is 15.8. The molecule has 9 nitrogen and oxygen atoms in total. The van der Waals surface area contributed by atoms with Gasteiger partial charge in [-0.25, -0.2) is 4.57 Å². The summed E-state index contributed by atoms with van der Waals surface area (Å²) in [6.45, 7) is 3.47. The SMILES string of the molecule is CCCCC/C=C\C/C=C\C/C=C\C/C=C\CCCCCCCC(=O)OCC(O)COP(=O)(O)OCCNC(=O)CCCCCCC/C=C\CCCCCC. The number of aliphatic hydroxyl groups is 1. The first-order valence-electron chi connectivity index (χ1n) is 21.8. The van der Waals surface area contributed by atoms with Gasteiger partial charge in [-0.05, 0) is 83.5 Å². The van der Waals surface area contributed by atoms with Crippen LogP contribution in [-0.4, -0.2) is 54.3 Å². The minimum absolute atomic E-state index is 0.0725. The van der Waals surface area contributed by atoms with Crippen LogP contribution in [0.25, 0.3) is 0 Å². The minimum atomic E-state index is -4.42. The van der Waals surface area contributed by atoms with E-state index in [1.54, 1.807) is 0 Å². The summed E-state index contributed by atoms with van der Waals surface area (Å²) in [7, 11) is -4.42. The van der Waals surface area contributed by atoms with Crippen molar-refractivity contribution in [1.29, 1.82) is 0 Å². The monoisotopic (exact) mass is 794 g/mol. The molecule has 0 aliphatic carbocycles. The first-order chi connectivity index (χ1) is 26.8. The summed E-state index contributed by atoms with van der Waals surface area (Å²) in [6.07, 6.45) is 48.6. The third-order valence-electron chi connectivity index (χ3n) is 8.92. The average Bonchev–Trinajstić information content (AvgIpc) is 3.17. The third-order valence-corrected chi connectivity index (χ3v) is 9.90. The summed E-state index contributed by atoms with van der Waals surface area (Å²) in [6, 6.07) is 0. The fraction of sp³-hybridized carbons (Fsp3) is 0.733. The van der Waals surface area contributed by atoms with Gasteiger partial charge in [0.2, 0.25) is 5.91 Å². The topological polar surface area (TPSA) is 131 Å². The highest BCUT2D eigenvalue weighted by Crippen LogP contribution is 2.42. The van der Waals surface area contributed by atoms with Crippen molar-refractivity contribution >= 4 is 19.7 Å². The lowest BCUT2D eigenvalue weighted by atomic mass is 10.1. The molecule has 1 amide bonds. The summed E-state index contributed by atoms with van der Waals surface area (Å²) in [5.74, 6) is -0.547. The molecule has 2 atom stereocenters. The molecule has 0 rings (SSSR count). The zero-order chi connectivity index (χ0) is 40.3. The van der Waals surface area contributed by atoms with Crippen LogP contribution >= 0.6 is 7.82 Å². The van der Waals surface area contributed by atoms with Gasteiger partial charge in [-0.3, -0.25) is 18.6 Å².